The van der Waals surface area contributed by atoms with Gasteiger partial charge in [-0.25, -0.2) is 0 Å². The highest BCUT2D eigenvalue weighted by atomic mass is 35.5. The SMILES string of the molecule is OCCSCCC(CCl)N(CCCl)PN(CCCl)CCCl. The third-order valence-electron chi connectivity index (χ3n) is 2.75. The van der Waals surface area contributed by atoms with E-state index >= 15 is 0 Å². The molecule has 9 heteroatoms. The Morgan fingerprint density at radius 1 is 0.952 bits per heavy atom. The fourth-order valence-corrected chi connectivity index (χ4v) is 5.31. The second-order valence-electron chi connectivity index (χ2n) is 4.28. The van der Waals surface area contributed by atoms with Crippen molar-refractivity contribution >= 4 is 67.0 Å². The summed E-state index contributed by atoms with van der Waals surface area (Å²) in [5.74, 6) is 4.12. The zero-order chi connectivity index (χ0) is 15.9. The highest BCUT2D eigenvalue weighted by Gasteiger charge is 2.19. The average molecular weight is 418 g/mol. The molecule has 2 unspecified atom stereocenters. The van der Waals surface area contributed by atoms with Gasteiger partial charge < -0.3 is 5.11 Å². The molecule has 2 atom stereocenters. The number of halogens is 4. The van der Waals surface area contributed by atoms with Crippen LogP contribution in [0.2, 0.25) is 0 Å². The number of alkyl halides is 4. The van der Waals surface area contributed by atoms with Crippen LogP contribution in [0.1, 0.15) is 6.42 Å². The van der Waals surface area contributed by atoms with Gasteiger partial charge in [0.05, 0.1) is 6.61 Å². The molecule has 0 saturated heterocycles. The molecular formula is C12H25Cl4N2OPS. The van der Waals surface area contributed by atoms with Crippen molar-refractivity contribution in [2.24, 2.45) is 0 Å². The van der Waals surface area contributed by atoms with E-state index in [2.05, 4.69) is 9.34 Å². The van der Waals surface area contributed by atoms with Crippen molar-refractivity contribution in [2.45, 2.75) is 12.5 Å². The van der Waals surface area contributed by atoms with Gasteiger partial charge in [0.2, 0.25) is 0 Å². The van der Waals surface area contributed by atoms with Gasteiger partial charge in [0.25, 0.3) is 0 Å². The topological polar surface area (TPSA) is 26.7 Å². The van der Waals surface area contributed by atoms with E-state index in [1.54, 1.807) is 11.8 Å². The van der Waals surface area contributed by atoms with Gasteiger partial charge in [-0.3, -0.25) is 9.34 Å². The molecule has 0 amide bonds. The van der Waals surface area contributed by atoms with E-state index in [9.17, 15) is 0 Å². The molecular weight excluding hydrogens is 393 g/mol. The predicted molar refractivity (Wildman–Crippen MR) is 102 cm³/mol. The fourth-order valence-electron chi connectivity index (χ4n) is 1.71. The molecule has 128 valence electrons. The summed E-state index contributed by atoms with van der Waals surface area (Å²) >= 11 is 25.5. The van der Waals surface area contributed by atoms with Gasteiger partial charge >= 0.3 is 0 Å². The standard InChI is InChI=1S/C12H25Cl4N2OPS/c13-2-5-17(6-3-14)20-18(7-4-15)12(11-16)1-9-21-10-8-19/h12,19-20H,1-11H2. The van der Waals surface area contributed by atoms with Crippen molar-refractivity contribution in [3.63, 3.8) is 0 Å². The lowest BCUT2D eigenvalue weighted by Crippen LogP contribution is -2.36. The third kappa shape index (κ3) is 11.9. The zero-order valence-electron chi connectivity index (χ0n) is 12.1. The van der Waals surface area contributed by atoms with Crippen LogP contribution in [-0.4, -0.2) is 81.8 Å². The second-order valence-corrected chi connectivity index (χ2v) is 8.35. The van der Waals surface area contributed by atoms with Gasteiger partial charge in [0, 0.05) is 63.8 Å². The zero-order valence-corrected chi connectivity index (χ0v) is 17.0. The molecule has 0 spiro atoms. The van der Waals surface area contributed by atoms with Gasteiger partial charge in [-0.15, -0.1) is 46.4 Å². The van der Waals surface area contributed by atoms with Crippen molar-refractivity contribution in [2.75, 3.05) is 61.3 Å². The first-order chi connectivity index (χ1) is 10.2. The quantitative estimate of drug-likeness (QED) is 0.250. The van der Waals surface area contributed by atoms with Gasteiger partial charge in [-0.2, -0.15) is 11.8 Å². The van der Waals surface area contributed by atoms with E-state index in [1.165, 1.54) is 0 Å². The van der Waals surface area contributed by atoms with Crippen molar-refractivity contribution in [3.05, 3.63) is 0 Å². The van der Waals surface area contributed by atoms with E-state index in [1.807, 2.05) is 0 Å². The normalized spacial score (nSPS) is 13.9. The minimum Gasteiger partial charge on any atom is -0.396 e. The lowest BCUT2D eigenvalue weighted by Gasteiger charge is -2.34. The predicted octanol–water partition coefficient (Wildman–Crippen LogP) is 3.54. The average Bonchev–Trinajstić information content (AvgIpc) is 2.47. The Morgan fingerprint density at radius 2 is 1.57 bits per heavy atom. The molecule has 3 nitrogen and oxygen atoms in total. The van der Waals surface area contributed by atoms with Crippen LogP contribution in [0.25, 0.3) is 0 Å². The summed E-state index contributed by atoms with van der Waals surface area (Å²) in [4.78, 5) is 0. The Labute approximate surface area is 154 Å². The van der Waals surface area contributed by atoms with Gasteiger partial charge in [-0.05, 0) is 12.2 Å². The van der Waals surface area contributed by atoms with Gasteiger partial charge in [0.1, 0.15) is 0 Å². The maximum atomic E-state index is 8.81. The summed E-state index contributed by atoms with van der Waals surface area (Å²) in [6.07, 6.45) is 0.994. The van der Waals surface area contributed by atoms with Crippen LogP contribution in [0.3, 0.4) is 0 Å². The van der Waals surface area contributed by atoms with Crippen molar-refractivity contribution < 1.29 is 5.11 Å². The van der Waals surface area contributed by atoms with E-state index in [0.717, 1.165) is 37.6 Å². The van der Waals surface area contributed by atoms with Crippen LogP contribution >= 0.6 is 67.0 Å². The van der Waals surface area contributed by atoms with Crippen molar-refractivity contribution in [1.29, 1.82) is 0 Å². The highest BCUT2D eigenvalue weighted by molar-refractivity contribution is 7.99. The number of rotatable bonds is 15. The van der Waals surface area contributed by atoms with Crippen LogP contribution in [-0.2, 0) is 0 Å². The maximum Gasteiger partial charge on any atom is 0.0521 e. The summed E-state index contributed by atoms with van der Waals surface area (Å²) in [5.41, 5.74) is 0. The number of thioether (sulfide) groups is 1. The third-order valence-corrected chi connectivity index (χ3v) is 6.19. The molecule has 0 saturated carbocycles. The largest absolute Gasteiger partial charge is 0.396 e. The van der Waals surface area contributed by atoms with Crippen LogP contribution in [0.4, 0.5) is 0 Å². The van der Waals surface area contributed by atoms with E-state index in [-0.39, 0.29) is 6.61 Å². The molecule has 0 aliphatic heterocycles. The molecule has 0 aromatic heterocycles. The highest BCUT2D eigenvalue weighted by Crippen LogP contribution is 2.29. The molecule has 0 heterocycles. The van der Waals surface area contributed by atoms with E-state index in [0.29, 0.717) is 38.4 Å². The summed E-state index contributed by atoms with van der Waals surface area (Å²) < 4.78 is 4.59. The molecule has 21 heavy (non-hydrogen) atoms. The Hall–Kier alpha value is 1.82. The summed E-state index contributed by atoms with van der Waals surface area (Å²) in [7, 11) is 0.504. The number of hydrogen-bond acceptors (Lipinski definition) is 4. The molecule has 1 N–H and O–H groups in total. The number of hydrogen-bond donors (Lipinski definition) is 1. The summed E-state index contributed by atoms with van der Waals surface area (Å²) in [6, 6.07) is 0.295. The number of nitrogens with zero attached hydrogens (tertiary/aromatic N) is 2. The molecule has 0 aromatic rings. The molecule has 0 radical (unpaired) electrons. The summed E-state index contributed by atoms with van der Waals surface area (Å²) in [5, 5.41) is 8.81. The molecule has 0 bridgehead atoms. The van der Waals surface area contributed by atoms with Crippen LogP contribution in [0.5, 0.6) is 0 Å². The Bertz CT molecular complexity index is 229. The minimum atomic E-state index is 0.225. The first-order valence-electron chi connectivity index (χ1n) is 6.93. The smallest absolute Gasteiger partial charge is 0.0521 e. The molecule has 0 aliphatic carbocycles. The fraction of sp³-hybridized carbons (Fsp3) is 1.00. The molecule has 0 fully saturated rings. The Kier molecular flexibility index (Phi) is 18.1. The van der Waals surface area contributed by atoms with Crippen molar-refractivity contribution in [3.8, 4) is 0 Å². The van der Waals surface area contributed by atoms with Crippen molar-refractivity contribution in [1.82, 2.24) is 9.34 Å². The van der Waals surface area contributed by atoms with E-state index < -0.39 is 0 Å². The first kappa shape index (κ1) is 22.8. The Balaban J connectivity index is 4.42. The Morgan fingerprint density at radius 3 is 2.05 bits per heavy atom. The first-order valence-corrected chi connectivity index (χ1v) is 11.1. The lowest BCUT2D eigenvalue weighted by molar-refractivity contribution is 0.322. The molecule has 0 rings (SSSR count). The van der Waals surface area contributed by atoms with Crippen LogP contribution < -0.4 is 0 Å². The molecule has 0 aromatic carbocycles. The maximum absolute atomic E-state index is 8.81. The van der Waals surface area contributed by atoms with Gasteiger partial charge in [-0.1, -0.05) is 0 Å². The minimum absolute atomic E-state index is 0.225. The van der Waals surface area contributed by atoms with Crippen LogP contribution in [0.15, 0.2) is 0 Å². The molecule has 0 aliphatic rings. The second kappa shape index (κ2) is 16.7. The number of aliphatic hydroxyl groups is 1. The lowest BCUT2D eigenvalue weighted by atomic mass is 10.2. The monoisotopic (exact) mass is 416 g/mol. The number of aliphatic hydroxyl groups excluding tert-OH is 1. The van der Waals surface area contributed by atoms with Gasteiger partial charge in [0.15, 0.2) is 0 Å². The van der Waals surface area contributed by atoms with E-state index in [4.69, 9.17) is 51.5 Å². The summed E-state index contributed by atoms with van der Waals surface area (Å²) in [6.45, 7) is 2.67. The van der Waals surface area contributed by atoms with Crippen LogP contribution in [0, 0.1) is 0 Å².